The Morgan fingerprint density at radius 3 is 2.56 bits per heavy atom. The van der Waals surface area contributed by atoms with Gasteiger partial charge in [0.15, 0.2) is 16.8 Å². The van der Waals surface area contributed by atoms with Gasteiger partial charge < -0.3 is 9.64 Å². The Labute approximate surface area is 252 Å². The van der Waals surface area contributed by atoms with Crippen LogP contribution in [0.15, 0.2) is 60.5 Å². The molecule has 0 aliphatic carbocycles. The number of imidazole rings is 1. The van der Waals surface area contributed by atoms with E-state index in [0.29, 0.717) is 37.8 Å². The Kier molecular flexibility index (Phi) is 9.09. The Hall–Kier alpha value is -3.49. The van der Waals surface area contributed by atoms with Crippen LogP contribution in [0, 0.1) is 6.92 Å². The van der Waals surface area contributed by atoms with Crippen LogP contribution in [-0.4, -0.2) is 50.6 Å². The van der Waals surface area contributed by atoms with Crippen molar-refractivity contribution in [3.05, 3.63) is 71.9 Å². The van der Waals surface area contributed by atoms with E-state index < -0.39 is 20.2 Å². The van der Waals surface area contributed by atoms with E-state index in [1.54, 1.807) is 6.92 Å². The molecule has 0 saturated carbocycles. The molecular formula is C30H37N4O7S2+. The smallest absolute Gasteiger partial charge is 0.287 e. The van der Waals surface area contributed by atoms with E-state index in [9.17, 15) is 21.4 Å². The molecule has 13 heteroatoms. The molecule has 0 amide bonds. The zero-order valence-corrected chi connectivity index (χ0v) is 26.1. The number of ether oxygens (including phenoxy) is 1. The quantitative estimate of drug-likeness (QED) is 0.127. The van der Waals surface area contributed by atoms with Crippen molar-refractivity contribution in [2.45, 2.75) is 46.7 Å². The molecule has 0 spiro atoms. The van der Waals surface area contributed by atoms with Crippen LogP contribution in [0.1, 0.15) is 38.1 Å². The fourth-order valence-electron chi connectivity index (χ4n) is 5.50. The maximum atomic E-state index is 12.3. The largest absolute Gasteiger partial charge is 0.438 e. The summed E-state index contributed by atoms with van der Waals surface area (Å²) in [4.78, 5) is 1.96. The van der Waals surface area contributed by atoms with E-state index >= 15 is 0 Å². The molecule has 1 aliphatic heterocycles. The van der Waals surface area contributed by atoms with Crippen molar-refractivity contribution in [1.29, 1.82) is 0 Å². The third-order valence-corrected chi connectivity index (χ3v) is 9.30. The zero-order valence-electron chi connectivity index (χ0n) is 24.5. The molecule has 3 aromatic carbocycles. The summed E-state index contributed by atoms with van der Waals surface area (Å²) in [6, 6.07) is 18.0. The summed E-state index contributed by atoms with van der Waals surface area (Å²) in [6.07, 6.45) is 2.42. The first-order chi connectivity index (χ1) is 20.5. The molecule has 1 aromatic heterocycles. The molecule has 2 heterocycles. The van der Waals surface area contributed by atoms with Gasteiger partial charge in [-0.1, -0.05) is 31.2 Å². The normalized spacial score (nSPS) is 14.6. The van der Waals surface area contributed by atoms with Gasteiger partial charge in [-0.3, -0.25) is 4.55 Å². The first kappa shape index (κ1) is 31.0. The number of hydrogen-bond donors (Lipinski definition) is 2. The van der Waals surface area contributed by atoms with E-state index in [0.717, 1.165) is 38.9 Å². The molecule has 4 aromatic rings. The van der Waals surface area contributed by atoms with Gasteiger partial charge in [0.05, 0.1) is 36.4 Å². The number of nitrogens with one attached hydrogen (secondary N) is 1. The highest BCUT2D eigenvalue weighted by atomic mass is 32.2. The van der Waals surface area contributed by atoms with Crippen molar-refractivity contribution < 1.29 is 35.0 Å². The molecule has 0 bridgehead atoms. The summed E-state index contributed by atoms with van der Waals surface area (Å²) in [5.41, 5.74) is 6.20. The first-order valence-electron chi connectivity index (χ1n) is 14.3. The highest BCUT2D eigenvalue weighted by molar-refractivity contribution is 7.86. The number of aryl methyl sites for hydroxylation is 3. The molecule has 0 fully saturated rings. The van der Waals surface area contributed by atoms with Crippen molar-refractivity contribution >= 4 is 53.8 Å². The third-order valence-electron chi connectivity index (χ3n) is 7.34. The molecule has 1 aliphatic rings. The number of fused-ring (bicyclic) bond motifs is 4. The second kappa shape index (κ2) is 12.6. The van der Waals surface area contributed by atoms with Crippen molar-refractivity contribution in [2.24, 2.45) is 0 Å². The molecule has 11 nitrogen and oxygen atoms in total. The van der Waals surface area contributed by atoms with Gasteiger partial charge in [0, 0.05) is 24.9 Å². The van der Waals surface area contributed by atoms with Gasteiger partial charge in [0.2, 0.25) is 5.88 Å². The second-order valence-electron chi connectivity index (χ2n) is 10.5. The lowest BCUT2D eigenvalue weighted by Gasteiger charge is -2.18. The molecule has 0 saturated heterocycles. The molecule has 5 rings (SSSR count). The summed E-state index contributed by atoms with van der Waals surface area (Å²) in [7, 11) is -7.88. The number of aromatic nitrogens is 2. The van der Waals surface area contributed by atoms with E-state index in [-0.39, 0.29) is 24.3 Å². The molecule has 0 radical (unpaired) electrons. The Morgan fingerprint density at radius 1 is 1.02 bits per heavy atom. The molecule has 2 N–H and O–H groups in total. The number of anilines is 1. The lowest BCUT2D eigenvalue weighted by atomic mass is 10.1. The zero-order chi connectivity index (χ0) is 30.8. The van der Waals surface area contributed by atoms with Crippen LogP contribution in [-0.2, 0) is 37.6 Å². The van der Waals surface area contributed by atoms with E-state index in [1.807, 2.05) is 67.3 Å². The van der Waals surface area contributed by atoms with Crippen LogP contribution in [0.2, 0.25) is 0 Å². The first-order valence-corrected chi connectivity index (χ1v) is 17.5. The highest BCUT2D eigenvalue weighted by Crippen LogP contribution is 2.40. The fraction of sp³-hybridized carbons (Fsp3) is 0.367. The van der Waals surface area contributed by atoms with Gasteiger partial charge in [0.25, 0.3) is 26.1 Å². The van der Waals surface area contributed by atoms with Crippen LogP contribution in [0.4, 0.5) is 5.69 Å². The van der Waals surface area contributed by atoms with Gasteiger partial charge in [-0.2, -0.15) is 26.6 Å². The van der Waals surface area contributed by atoms with Gasteiger partial charge in [-0.25, -0.2) is 9.13 Å². The van der Waals surface area contributed by atoms with Crippen molar-refractivity contribution in [3.63, 3.8) is 0 Å². The van der Waals surface area contributed by atoms with Crippen LogP contribution in [0.25, 0.3) is 27.9 Å². The lowest BCUT2D eigenvalue weighted by molar-refractivity contribution is -0.673. The molecular weight excluding hydrogens is 592 g/mol. The molecule has 43 heavy (non-hydrogen) atoms. The maximum Gasteiger partial charge on any atom is 0.287 e. The lowest BCUT2D eigenvalue weighted by Crippen LogP contribution is -2.38. The summed E-state index contributed by atoms with van der Waals surface area (Å²) in [6.45, 7) is 7.46. The highest BCUT2D eigenvalue weighted by Gasteiger charge is 2.31. The molecule has 0 unspecified atom stereocenters. The van der Waals surface area contributed by atoms with E-state index in [4.69, 9.17) is 9.02 Å². The van der Waals surface area contributed by atoms with Crippen molar-refractivity contribution in [1.82, 2.24) is 10.0 Å². The number of rotatable bonds is 13. The van der Waals surface area contributed by atoms with Gasteiger partial charge in [-0.05, 0) is 61.5 Å². The van der Waals surface area contributed by atoms with Gasteiger partial charge in [-0.15, -0.1) is 0 Å². The van der Waals surface area contributed by atoms with Crippen molar-refractivity contribution in [2.75, 3.05) is 29.5 Å². The summed E-state index contributed by atoms with van der Waals surface area (Å²) < 4.78 is 72.7. The molecule has 230 valence electrons. The summed E-state index contributed by atoms with van der Waals surface area (Å²) >= 11 is 0. The van der Waals surface area contributed by atoms with E-state index in [2.05, 4.69) is 26.7 Å². The average Bonchev–Trinajstić information content (AvgIpc) is 3.45. The third kappa shape index (κ3) is 6.86. The number of hydrogen-bond acceptors (Lipinski definition) is 8. The van der Waals surface area contributed by atoms with Gasteiger partial charge in [0.1, 0.15) is 0 Å². The van der Waals surface area contributed by atoms with Crippen molar-refractivity contribution in [3.8, 4) is 5.75 Å². The monoisotopic (exact) mass is 629 g/mol. The standard InChI is InChI=1S/C30H36N4O7S2/c1-4-31-41-43(38,39)19-9-16-33-26-20-22(3)12-15-27(26)40-29(33)21-28-32(5-2)25-14-13-23-10-6-7-11-24(23)30(25)34(28)17-8-18-42(35,36)37/h6-7,10-15,20-21,31H,4-5,8-9,16-19H2,1-3H3/p+1. The van der Waals surface area contributed by atoms with Crippen LogP contribution in [0.3, 0.4) is 0 Å². The summed E-state index contributed by atoms with van der Waals surface area (Å²) in [5.74, 6) is 1.43. The Bertz CT molecular complexity index is 1900. The second-order valence-corrected chi connectivity index (χ2v) is 13.7. The average molecular weight is 630 g/mol. The minimum absolute atomic E-state index is 0.179. The number of hydroxylamine groups is 1. The minimum Gasteiger partial charge on any atom is -0.438 e. The van der Waals surface area contributed by atoms with E-state index in [1.165, 1.54) is 0 Å². The minimum atomic E-state index is -4.13. The predicted octanol–water partition coefficient (Wildman–Crippen LogP) is 4.15. The molecule has 0 atom stereocenters. The predicted molar refractivity (Wildman–Crippen MR) is 167 cm³/mol. The van der Waals surface area contributed by atoms with Crippen LogP contribution >= 0.6 is 0 Å². The maximum absolute atomic E-state index is 12.3. The number of nitrogens with zero attached hydrogens (tertiary/aromatic N) is 3. The van der Waals surface area contributed by atoms with Crippen LogP contribution < -0.4 is 19.7 Å². The fourth-order valence-corrected chi connectivity index (χ4v) is 6.86. The van der Waals surface area contributed by atoms with Crippen LogP contribution in [0.5, 0.6) is 5.75 Å². The summed E-state index contributed by atoms with van der Waals surface area (Å²) in [5, 5.41) is 2.07. The number of benzene rings is 3. The SMILES string of the molecule is CCNOS(=O)(=O)CCCN1C(=Cc2n(CC)c3ccc4ccccc4c3[n+]2CCCS(=O)(=O)O)Oc2ccc(C)cc21. The Morgan fingerprint density at radius 2 is 1.81 bits per heavy atom. The topological polar surface area (TPSA) is 131 Å². The van der Waals surface area contributed by atoms with Gasteiger partial charge >= 0.3 is 0 Å². The Balaban J connectivity index is 1.61.